The largest absolute Gasteiger partial charge is 0.465 e. The number of halogens is 1. The van der Waals surface area contributed by atoms with Crippen LogP contribution in [0.5, 0.6) is 0 Å². The number of benzene rings is 1. The molecule has 0 N–H and O–H groups in total. The molecule has 0 aliphatic carbocycles. The van der Waals surface area contributed by atoms with E-state index in [2.05, 4.69) is 4.74 Å². The molecule has 4 nitrogen and oxygen atoms in total. The molecule has 0 aromatic heterocycles. The third-order valence-corrected chi connectivity index (χ3v) is 4.14. The molecule has 1 aliphatic heterocycles. The molecule has 1 heterocycles. The topological polar surface area (TPSA) is 46.6 Å². The van der Waals surface area contributed by atoms with Crippen molar-refractivity contribution in [3.05, 3.63) is 35.4 Å². The molecule has 1 aromatic carbocycles. The molecule has 1 aliphatic rings. The summed E-state index contributed by atoms with van der Waals surface area (Å²) in [4.78, 5) is 25.1. The monoisotopic (exact) mass is 309 g/mol. The van der Waals surface area contributed by atoms with Crippen LogP contribution in [0, 0.1) is 0 Å². The standard InChI is InChI=1S/C16H20ClNO3/c1-11(17)15(19)18-9-7-13(8-10-18)12-3-5-14(6-4-12)16(20)21-2/h3-6,11,13H,7-10H2,1-2H3. The summed E-state index contributed by atoms with van der Waals surface area (Å²) in [5, 5.41) is -0.458. The van der Waals surface area contributed by atoms with Crippen LogP contribution in [0.1, 0.15) is 41.6 Å². The Morgan fingerprint density at radius 3 is 2.29 bits per heavy atom. The molecule has 21 heavy (non-hydrogen) atoms. The van der Waals surface area contributed by atoms with Crippen LogP contribution in [-0.4, -0.2) is 42.4 Å². The van der Waals surface area contributed by atoms with Crippen LogP contribution in [0.25, 0.3) is 0 Å². The maximum absolute atomic E-state index is 11.8. The van der Waals surface area contributed by atoms with Crippen molar-refractivity contribution < 1.29 is 14.3 Å². The molecule has 1 fully saturated rings. The summed E-state index contributed by atoms with van der Waals surface area (Å²) in [5.74, 6) is 0.112. The fourth-order valence-corrected chi connectivity index (χ4v) is 2.83. The van der Waals surface area contributed by atoms with Gasteiger partial charge in [-0.2, -0.15) is 0 Å². The number of ether oxygens (including phenoxy) is 1. The average Bonchev–Trinajstić information content (AvgIpc) is 2.53. The van der Waals surface area contributed by atoms with Gasteiger partial charge in [0.1, 0.15) is 5.38 Å². The van der Waals surface area contributed by atoms with Crippen molar-refractivity contribution in [1.82, 2.24) is 4.90 Å². The second-order valence-electron chi connectivity index (χ2n) is 5.33. The molecule has 114 valence electrons. The van der Waals surface area contributed by atoms with Crippen LogP contribution in [0.4, 0.5) is 0 Å². The Morgan fingerprint density at radius 2 is 1.81 bits per heavy atom. The van der Waals surface area contributed by atoms with Gasteiger partial charge in [0.2, 0.25) is 5.91 Å². The molecule has 1 amide bonds. The summed E-state index contributed by atoms with van der Waals surface area (Å²) in [6.45, 7) is 3.18. The molecule has 1 saturated heterocycles. The summed E-state index contributed by atoms with van der Waals surface area (Å²) < 4.78 is 4.69. The highest BCUT2D eigenvalue weighted by Gasteiger charge is 2.25. The molecule has 0 radical (unpaired) electrons. The molecule has 0 spiro atoms. The third kappa shape index (κ3) is 3.76. The second-order valence-corrected chi connectivity index (χ2v) is 5.98. The number of carbonyl (C=O) groups excluding carboxylic acids is 2. The lowest BCUT2D eigenvalue weighted by Gasteiger charge is -2.33. The molecular weight excluding hydrogens is 290 g/mol. The van der Waals surface area contributed by atoms with E-state index in [9.17, 15) is 9.59 Å². The normalized spacial score (nSPS) is 17.4. The number of amides is 1. The van der Waals surface area contributed by atoms with Gasteiger partial charge in [-0.1, -0.05) is 12.1 Å². The van der Waals surface area contributed by atoms with E-state index < -0.39 is 5.38 Å². The van der Waals surface area contributed by atoms with Gasteiger partial charge < -0.3 is 9.64 Å². The van der Waals surface area contributed by atoms with Gasteiger partial charge in [0.15, 0.2) is 0 Å². The van der Waals surface area contributed by atoms with Crippen molar-refractivity contribution in [3.63, 3.8) is 0 Å². The van der Waals surface area contributed by atoms with Gasteiger partial charge in [0.05, 0.1) is 12.7 Å². The Kier molecular flexibility index (Phi) is 5.23. The summed E-state index contributed by atoms with van der Waals surface area (Å²) in [7, 11) is 1.38. The van der Waals surface area contributed by atoms with E-state index in [0.717, 1.165) is 25.9 Å². The molecule has 1 atom stereocenters. The minimum absolute atomic E-state index is 0.0103. The van der Waals surface area contributed by atoms with Crippen LogP contribution in [0.2, 0.25) is 0 Å². The van der Waals surface area contributed by atoms with E-state index in [1.54, 1.807) is 19.1 Å². The first-order valence-corrected chi connectivity index (χ1v) is 7.57. The van der Waals surface area contributed by atoms with Gasteiger partial charge in [0, 0.05) is 13.1 Å². The van der Waals surface area contributed by atoms with E-state index in [4.69, 9.17) is 11.6 Å². The fourth-order valence-electron chi connectivity index (χ4n) is 2.69. The predicted molar refractivity (Wildman–Crippen MR) is 81.7 cm³/mol. The summed E-state index contributed by atoms with van der Waals surface area (Å²) >= 11 is 5.84. The highest BCUT2D eigenvalue weighted by atomic mass is 35.5. The molecule has 0 bridgehead atoms. The lowest BCUT2D eigenvalue weighted by molar-refractivity contribution is -0.131. The lowest BCUT2D eigenvalue weighted by Crippen LogP contribution is -2.41. The smallest absolute Gasteiger partial charge is 0.337 e. The number of esters is 1. The van der Waals surface area contributed by atoms with Crippen LogP contribution in [0.15, 0.2) is 24.3 Å². The van der Waals surface area contributed by atoms with Gasteiger partial charge in [-0.25, -0.2) is 4.79 Å². The van der Waals surface area contributed by atoms with Crippen LogP contribution < -0.4 is 0 Å². The van der Waals surface area contributed by atoms with Crippen molar-refractivity contribution in [2.45, 2.75) is 31.1 Å². The number of nitrogens with zero attached hydrogens (tertiary/aromatic N) is 1. The van der Waals surface area contributed by atoms with Crippen molar-refractivity contribution >= 4 is 23.5 Å². The maximum atomic E-state index is 11.8. The van der Waals surface area contributed by atoms with Crippen molar-refractivity contribution in [2.24, 2.45) is 0 Å². The molecule has 2 rings (SSSR count). The molecule has 1 unspecified atom stereocenters. The zero-order chi connectivity index (χ0) is 15.4. The van der Waals surface area contributed by atoms with E-state index in [1.165, 1.54) is 12.7 Å². The number of rotatable bonds is 3. The number of carbonyl (C=O) groups is 2. The highest BCUT2D eigenvalue weighted by Crippen LogP contribution is 2.28. The minimum Gasteiger partial charge on any atom is -0.465 e. The number of alkyl halides is 1. The number of likely N-dealkylation sites (tertiary alicyclic amines) is 1. The summed E-state index contributed by atoms with van der Waals surface area (Å²) in [6, 6.07) is 7.52. The zero-order valence-electron chi connectivity index (χ0n) is 12.3. The van der Waals surface area contributed by atoms with Gasteiger partial charge in [0.25, 0.3) is 0 Å². The first-order chi connectivity index (χ1) is 10.0. The maximum Gasteiger partial charge on any atom is 0.337 e. The predicted octanol–water partition coefficient (Wildman–Crippen LogP) is 2.81. The SMILES string of the molecule is COC(=O)c1ccc(C2CCN(C(=O)C(C)Cl)CC2)cc1. The van der Waals surface area contributed by atoms with Gasteiger partial charge in [-0.15, -0.1) is 11.6 Å². The van der Waals surface area contributed by atoms with Gasteiger partial charge in [-0.05, 0) is 43.4 Å². The zero-order valence-corrected chi connectivity index (χ0v) is 13.1. The number of piperidine rings is 1. The second kappa shape index (κ2) is 6.94. The number of methoxy groups -OCH3 is 1. The van der Waals surface area contributed by atoms with E-state index >= 15 is 0 Å². The Morgan fingerprint density at radius 1 is 1.24 bits per heavy atom. The number of hydrogen-bond acceptors (Lipinski definition) is 3. The fraction of sp³-hybridized carbons (Fsp3) is 0.500. The molecule has 1 aromatic rings. The lowest BCUT2D eigenvalue weighted by atomic mass is 9.89. The summed E-state index contributed by atoms with van der Waals surface area (Å²) in [6.07, 6.45) is 1.85. The molecular formula is C16H20ClNO3. The Balaban J connectivity index is 1.96. The van der Waals surface area contributed by atoms with E-state index in [0.29, 0.717) is 11.5 Å². The average molecular weight is 310 g/mol. The Labute approximate surface area is 130 Å². The van der Waals surface area contributed by atoms with Crippen LogP contribution in [0.3, 0.4) is 0 Å². The Hall–Kier alpha value is -1.55. The van der Waals surface area contributed by atoms with Gasteiger partial charge in [-0.3, -0.25) is 4.79 Å². The van der Waals surface area contributed by atoms with E-state index in [1.807, 2.05) is 17.0 Å². The number of hydrogen-bond donors (Lipinski definition) is 0. The summed E-state index contributed by atoms with van der Waals surface area (Å²) in [5.41, 5.74) is 1.76. The van der Waals surface area contributed by atoms with Crippen LogP contribution >= 0.6 is 11.6 Å². The highest BCUT2D eigenvalue weighted by molar-refractivity contribution is 6.30. The first-order valence-electron chi connectivity index (χ1n) is 7.14. The van der Waals surface area contributed by atoms with Gasteiger partial charge >= 0.3 is 5.97 Å². The minimum atomic E-state index is -0.458. The first kappa shape index (κ1) is 15.8. The van der Waals surface area contributed by atoms with E-state index in [-0.39, 0.29) is 11.9 Å². The molecule has 0 saturated carbocycles. The van der Waals surface area contributed by atoms with Crippen molar-refractivity contribution in [1.29, 1.82) is 0 Å². The Bertz CT molecular complexity index is 505. The molecule has 5 heteroatoms. The third-order valence-electron chi connectivity index (χ3n) is 3.95. The van der Waals surface area contributed by atoms with Crippen LogP contribution in [-0.2, 0) is 9.53 Å². The van der Waals surface area contributed by atoms with Crippen molar-refractivity contribution in [2.75, 3.05) is 20.2 Å². The quantitative estimate of drug-likeness (QED) is 0.637. The van der Waals surface area contributed by atoms with Crippen molar-refractivity contribution in [3.8, 4) is 0 Å².